The molecule has 2 heterocycles. The van der Waals surface area contributed by atoms with Crippen LogP contribution in [-0.2, 0) is 11.8 Å². The summed E-state index contributed by atoms with van der Waals surface area (Å²) in [6, 6.07) is 0. The van der Waals surface area contributed by atoms with Crippen molar-refractivity contribution >= 4 is 0 Å². The molecule has 2 N–H and O–H groups in total. The number of aromatic nitrogens is 6. The van der Waals surface area contributed by atoms with Crippen molar-refractivity contribution in [1.29, 1.82) is 0 Å². The second-order valence-electron chi connectivity index (χ2n) is 4.81. The first-order valence-corrected chi connectivity index (χ1v) is 5.80. The Morgan fingerprint density at radius 2 is 2.35 bits per heavy atom. The molecule has 86 valence electrons. The van der Waals surface area contributed by atoms with Crippen molar-refractivity contribution in [3.63, 3.8) is 0 Å². The summed E-state index contributed by atoms with van der Waals surface area (Å²) in [7, 11) is 0. The second-order valence-corrected chi connectivity index (χ2v) is 4.81. The van der Waals surface area contributed by atoms with E-state index in [1.807, 2.05) is 0 Å². The molecule has 0 unspecified atom stereocenters. The van der Waals surface area contributed by atoms with Gasteiger partial charge in [0.05, 0.1) is 0 Å². The maximum absolute atomic E-state index is 4.34. The molecule has 6 heteroatoms. The van der Waals surface area contributed by atoms with Crippen molar-refractivity contribution in [2.75, 3.05) is 0 Å². The van der Waals surface area contributed by atoms with Crippen LogP contribution in [0.3, 0.4) is 0 Å². The van der Waals surface area contributed by atoms with E-state index in [0.717, 1.165) is 18.0 Å². The molecule has 0 aliphatic heterocycles. The molecule has 1 fully saturated rings. The van der Waals surface area contributed by atoms with Crippen molar-refractivity contribution < 1.29 is 0 Å². The second kappa shape index (κ2) is 2.82. The molecule has 17 heavy (non-hydrogen) atoms. The Morgan fingerprint density at radius 1 is 1.41 bits per heavy atom. The van der Waals surface area contributed by atoms with Crippen molar-refractivity contribution in [2.24, 2.45) is 5.92 Å². The number of rotatable bonds is 2. The maximum Gasteiger partial charge on any atom is 0.225 e. The third-order valence-corrected chi connectivity index (χ3v) is 3.96. The minimum absolute atomic E-state index is 0.221. The van der Waals surface area contributed by atoms with Crippen LogP contribution in [0.4, 0.5) is 0 Å². The summed E-state index contributed by atoms with van der Waals surface area (Å²) >= 11 is 0. The number of H-pyrrole nitrogens is 2. The summed E-state index contributed by atoms with van der Waals surface area (Å²) < 4.78 is 0. The van der Waals surface area contributed by atoms with E-state index in [2.05, 4.69) is 49.9 Å². The standard InChI is InChI=1S/C11H12N6/c1-2-3-11-5-6(11)4-7-8(12-13-9(7)11)10-14-16-17-15-10/h2-3,6H,4-5H2,1H3,(H,12,13)(H,14,15,16,17)/t6-,11-/m1/s1. The molecule has 2 atom stereocenters. The summed E-state index contributed by atoms with van der Waals surface area (Å²) in [5.74, 6) is 1.31. The zero-order valence-electron chi connectivity index (χ0n) is 9.44. The highest BCUT2D eigenvalue weighted by atomic mass is 15.5. The molecule has 0 saturated heterocycles. The van der Waals surface area contributed by atoms with E-state index in [-0.39, 0.29) is 5.41 Å². The van der Waals surface area contributed by atoms with Crippen molar-refractivity contribution in [3.05, 3.63) is 23.4 Å². The fraction of sp³-hybridized carbons (Fsp3) is 0.455. The molecular formula is C11H12N6. The molecule has 2 aromatic rings. The highest BCUT2D eigenvalue weighted by Crippen LogP contribution is 2.63. The van der Waals surface area contributed by atoms with Crippen molar-refractivity contribution in [1.82, 2.24) is 30.8 Å². The number of hydrogen-bond acceptors (Lipinski definition) is 4. The Bertz CT molecular complexity index is 596. The lowest BCUT2D eigenvalue weighted by Gasteiger charge is -2.04. The van der Waals surface area contributed by atoms with Gasteiger partial charge < -0.3 is 0 Å². The van der Waals surface area contributed by atoms with Gasteiger partial charge in [0.1, 0.15) is 5.69 Å². The molecular weight excluding hydrogens is 216 g/mol. The lowest BCUT2D eigenvalue weighted by Crippen LogP contribution is -2.02. The van der Waals surface area contributed by atoms with E-state index < -0.39 is 0 Å². The molecule has 0 aromatic carbocycles. The quantitative estimate of drug-likeness (QED) is 0.750. The Labute approximate surface area is 97.5 Å². The van der Waals surface area contributed by atoms with Crippen LogP contribution in [0.5, 0.6) is 0 Å². The van der Waals surface area contributed by atoms with Crippen LogP contribution in [0.15, 0.2) is 12.2 Å². The van der Waals surface area contributed by atoms with Crippen LogP contribution in [0.2, 0.25) is 0 Å². The van der Waals surface area contributed by atoms with Gasteiger partial charge in [0, 0.05) is 16.7 Å². The van der Waals surface area contributed by atoms with Gasteiger partial charge in [-0.2, -0.15) is 10.3 Å². The summed E-state index contributed by atoms with van der Waals surface area (Å²) in [5, 5.41) is 21.6. The van der Waals surface area contributed by atoms with Gasteiger partial charge in [-0.1, -0.05) is 12.2 Å². The first kappa shape index (κ1) is 9.09. The molecule has 1 saturated carbocycles. The normalized spacial score (nSPS) is 29.6. The number of allylic oxidation sites excluding steroid dienone is 2. The SMILES string of the molecule is CC=C[C@@]12C[C@H]1Cc1c(-c3nn[nH]n3)n[nH]c12. The molecule has 0 spiro atoms. The maximum atomic E-state index is 4.34. The van der Waals surface area contributed by atoms with Crippen molar-refractivity contribution in [2.45, 2.75) is 25.2 Å². The summed E-state index contributed by atoms with van der Waals surface area (Å²) in [4.78, 5) is 0. The largest absolute Gasteiger partial charge is 0.281 e. The minimum Gasteiger partial charge on any atom is -0.281 e. The first-order valence-electron chi connectivity index (χ1n) is 5.80. The molecule has 0 radical (unpaired) electrons. The summed E-state index contributed by atoms with van der Waals surface area (Å²) in [5.41, 5.74) is 3.59. The highest BCUT2D eigenvalue weighted by Gasteiger charge is 2.60. The zero-order valence-corrected chi connectivity index (χ0v) is 9.44. The van der Waals surface area contributed by atoms with Gasteiger partial charge in [0.15, 0.2) is 0 Å². The van der Waals surface area contributed by atoms with Crippen LogP contribution in [-0.4, -0.2) is 30.8 Å². The minimum atomic E-state index is 0.221. The van der Waals surface area contributed by atoms with Crippen molar-refractivity contribution in [3.8, 4) is 11.5 Å². The fourth-order valence-electron chi connectivity index (χ4n) is 3.14. The Balaban J connectivity index is 1.85. The number of aromatic amines is 2. The number of tetrazole rings is 1. The number of nitrogens with zero attached hydrogens (tertiary/aromatic N) is 4. The van der Waals surface area contributed by atoms with E-state index >= 15 is 0 Å². The molecule has 6 nitrogen and oxygen atoms in total. The van der Waals surface area contributed by atoms with Gasteiger partial charge in [-0.05, 0) is 30.9 Å². The van der Waals surface area contributed by atoms with Crippen LogP contribution < -0.4 is 0 Å². The molecule has 0 bridgehead atoms. The Morgan fingerprint density at radius 3 is 3.12 bits per heavy atom. The van der Waals surface area contributed by atoms with Crippen LogP contribution in [0, 0.1) is 5.92 Å². The predicted octanol–water partition coefficient (Wildman–Crippen LogP) is 0.980. The van der Waals surface area contributed by atoms with Crippen LogP contribution >= 0.6 is 0 Å². The average Bonchev–Trinajstić information content (AvgIpc) is 2.79. The Kier molecular flexibility index (Phi) is 1.51. The van der Waals surface area contributed by atoms with E-state index in [1.54, 1.807) is 0 Å². The Hall–Kier alpha value is -1.98. The van der Waals surface area contributed by atoms with E-state index in [1.165, 1.54) is 17.7 Å². The van der Waals surface area contributed by atoms with Crippen LogP contribution in [0.1, 0.15) is 24.6 Å². The summed E-state index contributed by atoms with van der Waals surface area (Å²) in [6.07, 6.45) is 6.73. The van der Waals surface area contributed by atoms with E-state index in [9.17, 15) is 0 Å². The third kappa shape index (κ3) is 0.999. The molecule has 2 aliphatic carbocycles. The molecule has 4 rings (SSSR count). The molecule has 2 aromatic heterocycles. The van der Waals surface area contributed by atoms with E-state index in [0.29, 0.717) is 5.82 Å². The lowest BCUT2D eigenvalue weighted by atomic mass is 10.0. The molecule has 2 aliphatic rings. The van der Waals surface area contributed by atoms with Gasteiger partial charge in [0.25, 0.3) is 0 Å². The van der Waals surface area contributed by atoms with Gasteiger partial charge in [0.2, 0.25) is 5.82 Å². The number of hydrogen-bond donors (Lipinski definition) is 2. The van der Waals surface area contributed by atoms with Gasteiger partial charge in [-0.15, -0.1) is 10.2 Å². The first-order chi connectivity index (χ1) is 8.35. The average molecular weight is 228 g/mol. The topological polar surface area (TPSA) is 83.1 Å². The molecule has 0 amide bonds. The van der Waals surface area contributed by atoms with Crippen LogP contribution in [0.25, 0.3) is 11.5 Å². The lowest BCUT2D eigenvalue weighted by molar-refractivity contribution is 0.752. The third-order valence-electron chi connectivity index (χ3n) is 3.96. The monoisotopic (exact) mass is 228 g/mol. The predicted molar refractivity (Wildman–Crippen MR) is 60.1 cm³/mol. The zero-order chi connectivity index (χ0) is 11.5. The highest BCUT2D eigenvalue weighted by molar-refractivity contribution is 5.62. The van der Waals surface area contributed by atoms with E-state index in [4.69, 9.17) is 0 Å². The van der Waals surface area contributed by atoms with Gasteiger partial charge in [-0.3, -0.25) is 5.10 Å². The fourth-order valence-corrected chi connectivity index (χ4v) is 3.14. The van der Waals surface area contributed by atoms with Gasteiger partial charge >= 0.3 is 0 Å². The summed E-state index contributed by atoms with van der Waals surface area (Å²) in [6.45, 7) is 2.07. The number of nitrogens with one attached hydrogen (secondary N) is 2. The smallest absolute Gasteiger partial charge is 0.225 e. The van der Waals surface area contributed by atoms with Gasteiger partial charge in [-0.25, -0.2) is 0 Å². The number of fused-ring (bicyclic) bond motifs is 3.